The van der Waals surface area contributed by atoms with Gasteiger partial charge < -0.3 is 5.11 Å². The number of hydrogen-bond acceptors (Lipinski definition) is 2. The molecular weight excluding hydrogens is 219 g/mol. The Kier molecular flexibility index (Phi) is 2.66. The van der Waals surface area contributed by atoms with Gasteiger partial charge in [-0.1, -0.05) is 0 Å². The van der Waals surface area contributed by atoms with Crippen molar-refractivity contribution >= 4 is 0 Å². The predicted octanol–water partition coefficient (Wildman–Crippen LogP) is 3.03. The zero-order valence-electron chi connectivity index (χ0n) is 8.75. The minimum absolute atomic E-state index is 0.0942. The highest BCUT2D eigenvalue weighted by atomic mass is 19.4. The maximum atomic E-state index is 12.6. The fourth-order valence-electron chi connectivity index (χ4n) is 1.54. The van der Waals surface area contributed by atoms with Gasteiger partial charge in [0.1, 0.15) is 0 Å². The van der Waals surface area contributed by atoms with Gasteiger partial charge in [0.2, 0.25) is 0 Å². The van der Waals surface area contributed by atoms with Gasteiger partial charge in [0.15, 0.2) is 0 Å². The standard InChI is InChI=1S/C11H12F3NO/c1-6(16)9-4-8(11(12,13)14)5-10(15-9)7-2-3-7/h4-7,16H,2-3H2,1H3. The normalized spacial score (nSPS) is 18.6. The topological polar surface area (TPSA) is 33.1 Å². The molecule has 2 nitrogen and oxygen atoms in total. The van der Waals surface area contributed by atoms with Crippen LogP contribution in [0.3, 0.4) is 0 Å². The van der Waals surface area contributed by atoms with Crippen LogP contribution in [0.4, 0.5) is 13.2 Å². The molecule has 0 saturated heterocycles. The van der Waals surface area contributed by atoms with E-state index >= 15 is 0 Å². The largest absolute Gasteiger partial charge is 0.416 e. The van der Waals surface area contributed by atoms with Crippen molar-refractivity contribution in [2.45, 2.75) is 38.0 Å². The van der Waals surface area contributed by atoms with Crippen LogP contribution in [-0.2, 0) is 6.18 Å². The van der Waals surface area contributed by atoms with Crippen molar-refractivity contribution in [2.24, 2.45) is 0 Å². The molecular formula is C11H12F3NO. The smallest absolute Gasteiger partial charge is 0.387 e. The van der Waals surface area contributed by atoms with Crippen LogP contribution < -0.4 is 0 Å². The molecule has 88 valence electrons. The van der Waals surface area contributed by atoms with E-state index in [2.05, 4.69) is 4.98 Å². The van der Waals surface area contributed by atoms with Crippen molar-refractivity contribution in [1.82, 2.24) is 4.98 Å². The van der Waals surface area contributed by atoms with Crippen LogP contribution in [0, 0.1) is 0 Å². The van der Waals surface area contributed by atoms with E-state index in [-0.39, 0.29) is 11.6 Å². The van der Waals surface area contributed by atoms with Gasteiger partial charge in [0, 0.05) is 11.6 Å². The van der Waals surface area contributed by atoms with Crippen molar-refractivity contribution in [1.29, 1.82) is 0 Å². The first kappa shape index (κ1) is 11.4. The van der Waals surface area contributed by atoms with Gasteiger partial charge in [-0.15, -0.1) is 0 Å². The second-order valence-corrected chi connectivity index (χ2v) is 4.15. The van der Waals surface area contributed by atoms with Gasteiger partial charge in [-0.25, -0.2) is 0 Å². The van der Waals surface area contributed by atoms with Crippen LogP contribution in [0.1, 0.15) is 48.7 Å². The highest BCUT2D eigenvalue weighted by Gasteiger charge is 2.34. The number of halogens is 3. The highest BCUT2D eigenvalue weighted by molar-refractivity contribution is 5.28. The molecule has 1 unspecified atom stereocenters. The second-order valence-electron chi connectivity index (χ2n) is 4.15. The molecule has 1 fully saturated rings. The third kappa shape index (κ3) is 2.35. The summed E-state index contributed by atoms with van der Waals surface area (Å²) in [6.45, 7) is 1.42. The maximum Gasteiger partial charge on any atom is 0.416 e. The number of nitrogens with zero attached hydrogens (tertiary/aromatic N) is 1. The maximum absolute atomic E-state index is 12.6. The van der Waals surface area contributed by atoms with Gasteiger partial charge in [0.25, 0.3) is 0 Å². The Hall–Kier alpha value is -1.10. The highest BCUT2D eigenvalue weighted by Crippen LogP contribution is 2.41. The molecule has 2 rings (SSSR count). The molecule has 1 aliphatic rings. The lowest BCUT2D eigenvalue weighted by Crippen LogP contribution is -2.09. The van der Waals surface area contributed by atoms with E-state index in [0.717, 1.165) is 25.0 Å². The molecule has 0 spiro atoms. The number of rotatable bonds is 2. The molecule has 1 heterocycles. The summed E-state index contributed by atoms with van der Waals surface area (Å²) in [4.78, 5) is 4.06. The third-order valence-corrected chi connectivity index (χ3v) is 2.62. The molecule has 0 amide bonds. The fraction of sp³-hybridized carbons (Fsp3) is 0.545. The molecule has 1 aliphatic carbocycles. The van der Waals surface area contributed by atoms with Crippen molar-refractivity contribution in [3.8, 4) is 0 Å². The molecule has 16 heavy (non-hydrogen) atoms. The minimum Gasteiger partial charge on any atom is -0.387 e. The molecule has 1 N–H and O–H groups in total. The molecule has 0 aliphatic heterocycles. The van der Waals surface area contributed by atoms with Crippen LogP contribution >= 0.6 is 0 Å². The van der Waals surface area contributed by atoms with E-state index in [1.807, 2.05) is 0 Å². The average molecular weight is 231 g/mol. The van der Waals surface area contributed by atoms with Gasteiger partial charge in [0.05, 0.1) is 17.4 Å². The minimum atomic E-state index is -4.38. The van der Waals surface area contributed by atoms with Crippen LogP contribution in [0.5, 0.6) is 0 Å². The molecule has 5 heteroatoms. The van der Waals surface area contributed by atoms with Crippen LogP contribution in [0.2, 0.25) is 0 Å². The van der Waals surface area contributed by atoms with E-state index in [0.29, 0.717) is 5.69 Å². The molecule has 0 bridgehead atoms. The molecule has 1 aromatic rings. The van der Waals surface area contributed by atoms with E-state index in [1.54, 1.807) is 0 Å². The first-order valence-corrected chi connectivity index (χ1v) is 5.15. The first-order valence-electron chi connectivity index (χ1n) is 5.15. The van der Waals surface area contributed by atoms with Gasteiger partial charge in [-0.2, -0.15) is 13.2 Å². The predicted molar refractivity (Wildman–Crippen MR) is 51.8 cm³/mol. The number of pyridine rings is 1. The summed E-state index contributed by atoms with van der Waals surface area (Å²) >= 11 is 0. The van der Waals surface area contributed by atoms with Crippen LogP contribution in [-0.4, -0.2) is 10.1 Å². The van der Waals surface area contributed by atoms with E-state index in [1.165, 1.54) is 6.92 Å². The van der Waals surface area contributed by atoms with Crippen molar-refractivity contribution in [2.75, 3.05) is 0 Å². The third-order valence-electron chi connectivity index (χ3n) is 2.62. The fourth-order valence-corrected chi connectivity index (χ4v) is 1.54. The van der Waals surface area contributed by atoms with E-state index in [4.69, 9.17) is 0 Å². The van der Waals surface area contributed by atoms with Gasteiger partial charge >= 0.3 is 6.18 Å². The number of alkyl halides is 3. The van der Waals surface area contributed by atoms with E-state index in [9.17, 15) is 18.3 Å². The van der Waals surface area contributed by atoms with Gasteiger partial charge in [-0.3, -0.25) is 4.98 Å². The lowest BCUT2D eigenvalue weighted by molar-refractivity contribution is -0.137. The Morgan fingerprint density at radius 3 is 2.44 bits per heavy atom. The zero-order valence-corrected chi connectivity index (χ0v) is 8.75. The molecule has 1 aromatic heterocycles. The van der Waals surface area contributed by atoms with Crippen molar-refractivity contribution in [3.05, 3.63) is 29.1 Å². The second kappa shape index (κ2) is 3.73. The summed E-state index contributed by atoms with van der Waals surface area (Å²) in [5, 5.41) is 9.31. The number of aliphatic hydroxyl groups is 1. The molecule has 1 atom stereocenters. The monoisotopic (exact) mass is 231 g/mol. The Labute approximate surface area is 91.1 Å². The van der Waals surface area contributed by atoms with Crippen molar-refractivity contribution in [3.63, 3.8) is 0 Å². The summed E-state index contributed by atoms with van der Waals surface area (Å²) in [6, 6.07) is 2.00. The number of hydrogen-bond donors (Lipinski definition) is 1. The Morgan fingerprint density at radius 2 is 2.00 bits per heavy atom. The lowest BCUT2D eigenvalue weighted by Gasteiger charge is -2.12. The number of aromatic nitrogens is 1. The average Bonchev–Trinajstić information content (AvgIpc) is 2.98. The van der Waals surface area contributed by atoms with Crippen LogP contribution in [0.25, 0.3) is 0 Å². The number of aliphatic hydroxyl groups excluding tert-OH is 1. The summed E-state index contributed by atoms with van der Waals surface area (Å²) < 4.78 is 37.8. The summed E-state index contributed by atoms with van der Waals surface area (Å²) in [7, 11) is 0. The Morgan fingerprint density at radius 1 is 1.38 bits per heavy atom. The summed E-state index contributed by atoms with van der Waals surface area (Å²) in [5.41, 5.74) is -0.178. The Bertz CT molecular complexity index is 376. The molecule has 0 aromatic carbocycles. The van der Waals surface area contributed by atoms with Gasteiger partial charge in [-0.05, 0) is 31.9 Å². The SMILES string of the molecule is CC(O)c1cc(C(F)(F)F)cc(C2CC2)n1. The zero-order chi connectivity index (χ0) is 11.9. The first-order chi connectivity index (χ1) is 7.38. The Balaban J connectivity index is 2.44. The molecule has 0 radical (unpaired) electrons. The molecule has 1 saturated carbocycles. The quantitative estimate of drug-likeness (QED) is 0.848. The van der Waals surface area contributed by atoms with Crippen LogP contribution in [0.15, 0.2) is 12.1 Å². The lowest BCUT2D eigenvalue weighted by atomic mass is 10.1. The van der Waals surface area contributed by atoms with Crippen molar-refractivity contribution < 1.29 is 18.3 Å². The summed E-state index contributed by atoms with van der Waals surface area (Å²) in [5.74, 6) is 0.139. The van der Waals surface area contributed by atoms with E-state index < -0.39 is 17.8 Å². The summed E-state index contributed by atoms with van der Waals surface area (Å²) in [6.07, 6.45) is -3.59.